The summed E-state index contributed by atoms with van der Waals surface area (Å²) in [5, 5.41) is 0. The fraction of sp³-hybridized carbons (Fsp3) is 0.429. The number of hydrogen-bond acceptors (Lipinski definition) is 2. The molecule has 1 amide bonds. The summed E-state index contributed by atoms with van der Waals surface area (Å²) >= 11 is 0. The summed E-state index contributed by atoms with van der Waals surface area (Å²) in [4.78, 5) is 22.7. The van der Waals surface area contributed by atoms with Crippen LogP contribution in [0.15, 0.2) is 42.6 Å². The lowest BCUT2D eigenvalue weighted by Gasteiger charge is -2.34. The van der Waals surface area contributed by atoms with Gasteiger partial charge in [-0.3, -0.25) is 4.79 Å². The average Bonchev–Trinajstić information content (AvgIpc) is 3.12. The molecule has 0 bridgehead atoms. The highest BCUT2D eigenvalue weighted by Gasteiger charge is 2.29. The van der Waals surface area contributed by atoms with Gasteiger partial charge in [-0.25, -0.2) is 4.98 Å². The number of carbonyl (C=O) groups is 1. The number of hydrogen-bond donors (Lipinski definition) is 1. The first-order valence-electron chi connectivity index (χ1n) is 9.25. The van der Waals surface area contributed by atoms with Gasteiger partial charge in [-0.05, 0) is 38.2 Å². The van der Waals surface area contributed by atoms with E-state index in [0.717, 1.165) is 49.3 Å². The van der Waals surface area contributed by atoms with Crippen LogP contribution in [0.4, 0.5) is 0 Å². The van der Waals surface area contributed by atoms with Crippen LogP contribution >= 0.6 is 0 Å². The van der Waals surface area contributed by atoms with Crippen LogP contribution in [0.1, 0.15) is 56.5 Å². The second-order valence-corrected chi connectivity index (χ2v) is 6.73. The Kier molecular flexibility index (Phi) is 5.69. The van der Waals surface area contributed by atoms with Gasteiger partial charge >= 0.3 is 0 Å². The zero-order valence-electron chi connectivity index (χ0n) is 15.2. The number of piperidine rings is 1. The molecule has 1 unspecified atom stereocenters. The molecule has 132 valence electrons. The SMILES string of the molecule is CCC=CCC(=O)N1CCCCC1c1ncc(-c2ccc(C)cc2)[nH]1. The van der Waals surface area contributed by atoms with Crippen LogP contribution in [-0.4, -0.2) is 27.3 Å². The van der Waals surface area contributed by atoms with Crippen molar-refractivity contribution in [1.82, 2.24) is 14.9 Å². The van der Waals surface area contributed by atoms with Crippen molar-refractivity contribution < 1.29 is 4.79 Å². The molecule has 25 heavy (non-hydrogen) atoms. The molecule has 1 aliphatic heterocycles. The number of aromatic amines is 1. The summed E-state index contributed by atoms with van der Waals surface area (Å²) in [7, 11) is 0. The van der Waals surface area contributed by atoms with Crippen LogP contribution in [-0.2, 0) is 4.79 Å². The van der Waals surface area contributed by atoms with Crippen molar-refractivity contribution in [3.8, 4) is 11.3 Å². The molecule has 1 aromatic heterocycles. The Labute approximate surface area is 150 Å². The van der Waals surface area contributed by atoms with Crippen molar-refractivity contribution in [2.24, 2.45) is 0 Å². The van der Waals surface area contributed by atoms with Crippen molar-refractivity contribution in [1.29, 1.82) is 0 Å². The molecule has 3 rings (SSSR count). The Morgan fingerprint density at radius 2 is 2.08 bits per heavy atom. The fourth-order valence-corrected chi connectivity index (χ4v) is 3.37. The highest BCUT2D eigenvalue weighted by Crippen LogP contribution is 2.31. The van der Waals surface area contributed by atoms with Crippen LogP contribution in [0, 0.1) is 6.92 Å². The van der Waals surface area contributed by atoms with Gasteiger partial charge in [0.25, 0.3) is 0 Å². The van der Waals surface area contributed by atoms with E-state index in [1.165, 1.54) is 5.56 Å². The number of H-pyrrole nitrogens is 1. The van der Waals surface area contributed by atoms with E-state index in [4.69, 9.17) is 0 Å². The lowest BCUT2D eigenvalue weighted by Crippen LogP contribution is -2.38. The average molecular weight is 337 g/mol. The molecule has 0 saturated carbocycles. The Hall–Kier alpha value is -2.36. The van der Waals surface area contributed by atoms with E-state index in [0.29, 0.717) is 6.42 Å². The molecular weight excluding hydrogens is 310 g/mol. The third-order valence-corrected chi connectivity index (χ3v) is 4.79. The zero-order valence-corrected chi connectivity index (χ0v) is 15.2. The molecule has 2 heterocycles. The molecule has 1 saturated heterocycles. The molecule has 2 aromatic rings. The molecule has 0 spiro atoms. The summed E-state index contributed by atoms with van der Waals surface area (Å²) < 4.78 is 0. The van der Waals surface area contributed by atoms with Crippen LogP contribution in [0.2, 0.25) is 0 Å². The van der Waals surface area contributed by atoms with Gasteiger partial charge in [-0.2, -0.15) is 0 Å². The van der Waals surface area contributed by atoms with E-state index in [1.54, 1.807) is 0 Å². The lowest BCUT2D eigenvalue weighted by atomic mass is 10.0. The standard InChI is InChI=1S/C21H27N3O/c1-3-4-5-9-20(25)24-14-7-6-8-19(24)21-22-15-18(23-21)17-12-10-16(2)11-13-17/h4-5,10-13,15,19H,3,6-9,14H2,1-2H3,(H,22,23). The first kappa shape index (κ1) is 17.5. The number of allylic oxidation sites excluding steroid dienone is 1. The maximum Gasteiger partial charge on any atom is 0.226 e. The first-order valence-corrected chi connectivity index (χ1v) is 9.25. The van der Waals surface area contributed by atoms with E-state index in [-0.39, 0.29) is 11.9 Å². The van der Waals surface area contributed by atoms with Crippen molar-refractivity contribution in [3.05, 3.63) is 54.0 Å². The number of carbonyl (C=O) groups excluding carboxylic acids is 1. The number of aromatic nitrogens is 2. The van der Waals surface area contributed by atoms with Crippen molar-refractivity contribution in [2.45, 2.75) is 52.0 Å². The van der Waals surface area contributed by atoms with E-state index in [9.17, 15) is 4.79 Å². The number of amides is 1. The summed E-state index contributed by atoms with van der Waals surface area (Å²) in [5.41, 5.74) is 3.38. The Bertz CT molecular complexity index is 730. The first-order chi connectivity index (χ1) is 12.2. The highest BCUT2D eigenvalue weighted by atomic mass is 16.2. The van der Waals surface area contributed by atoms with E-state index < -0.39 is 0 Å². The second-order valence-electron chi connectivity index (χ2n) is 6.73. The number of aryl methyl sites for hydroxylation is 1. The minimum absolute atomic E-state index is 0.0653. The van der Waals surface area contributed by atoms with E-state index >= 15 is 0 Å². The third kappa shape index (κ3) is 4.19. The van der Waals surface area contributed by atoms with Crippen LogP contribution in [0.25, 0.3) is 11.3 Å². The number of benzene rings is 1. The molecule has 1 fully saturated rings. The zero-order chi connectivity index (χ0) is 17.6. The van der Waals surface area contributed by atoms with Crippen LogP contribution < -0.4 is 0 Å². The fourth-order valence-electron chi connectivity index (χ4n) is 3.37. The molecule has 1 aromatic carbocycles. The minimum Gasteiger partial charge on any atom is -0.340 e. The number of imidazole rings is 1. The minimum atomic E-state index is 0.0653. The number of likely N-dealkylation sites (tertiary alicyclic amines) is 1. The third-order valence-electron chi connectivity index (χ3n) is 4.79. The van der Waals surface area contributed by atoms with Gasteiger partial charge in [0.05, 0.1) is 17.9 Å². The van der Waals surface area contributed by atoms with Gasteiger partial charge in [-0.15, -0.1) is 0 Å². The van der Waals surface area contributed by atoms with Crippen LogP contribution in [0.5, 0.6) is 0 Å². The summed E-state index contributed by atoms with van der Waals surface area (Å²) in [6.45, 7) is 4.99. The van der Waals surface area contributed by atoms with Gasteiger partial charge in [0.15, 0.2) is 0 Å². The van der Waals surface area contributed by atoms with Crippen molar-refractivity contribution in [3.63, 3.8) is 0 Å². The topological polar surface area (TPSA) is 49.0 Å². The monoisotopic (exact) mass is 337 g/mol. The summed E-state index contributed by atoms with van der Waals surface area (Å²) in [5.74, 6) is 1.10. The predicted molar refractivity (Wildman–Crippen MR) is 101 cm³/mol. The Balaban J connectivity index is 1.77. The van der Waals surface area contributed by atoms with Crippen molar-refractivity contribution in [2.75, 3.05) is 6.54 Å². The predicted octanol–water partition coefficient (Wildman–Crippen LogP) is 4.80. The lowest BCUT2D eigenvalue weighted by molar-refractivity contribution is -0.134. The molecule has 4 nitrogen and oxygen atoms in total. The van der Waals surface area contributed by atoms with Gasteiger partial charge in [-0.1, -0.05) is 48.9 Å². The van der Waals surface area contributed by atoms with Crippen LogP contribution in [0.3, 0.4) is 0 Å². The normalized spacial score (nSPS) is 18.0. The number of rotatable bonds is 5. The number of nitrogens with zero attached hydrogens (tertiary/aromatic N) is 2. The summed E-state index contributed by atoms with van der Waals surface area (Å²) in [6, 6.07) is 8.48. The van der Waals surface area contributed by atoms with Crippen molar-refractivity contribution >= 4 is 5.91 Å². The van der Waals surface area contributed by atoms with Gasteiger partial charge < -0.3 is 9.88 Å². The van der Waals surface area contributed by atoms with Gasteiger partial charge in [0, 0.05) is 13.0 Å². The maximum absolute atomic E-state index is 12.6. The Morgan fingerprint density at radius 3 is 2.84 bits per heavy atom. The molecule has 1 atom stereocenters. The number of nitrogens with one attached hydrogen (secondary N) is 1. The van der Waals surface area contributed by atoms with Gasteiger partial charge in [0.1, 0.15) is 5.82 Å². The maximum atomic E-state index is 12.6. The quantitative estimate of drug-likeness (QED) is 0.797. The second kappa shape index (κ2) is 8.15. The van der Waals surface area contributed by atoms with E-state index in [2.05, 4.69) is 54.2 Å². The molecule has 1 N–H and O–H groups in total. The summed E-state index contributed by atoms with van der Waals surface area (Å²) in [6.07, 6.45) is 10.6. The molecule has 0 radical (unpaired) electrons. The van der Waals surface area contributed by atoms with Gasteiger partial charge in [0.2, 0.25) is 5.91 Å². The molecule has 0 aliphatic carbocycles. The Morgan fingerprint density at radius 1 is 1.28 bits per heavy atom. The highest BCUT2D eigenvalue weighted by molar-refractivity contribution is 5.78. The molecule has 1 aliphatic rings. The molecular formula is C21H27N3O. The smallest absolute Gasteiger partial charge is 0.226 e. The molecule has 4 heteroatoms. The largest absolute Gasteiger partial charge is 0.340 e. The van der Waals surface area contributed by atoms with E-state index in [1.807, 2.05) is 17.2 Å².